The molecule has 1 aliphatic rings. The summed E-state index contributed by atoms with van der Waals surface area (Å²) in [6.45, 7) is 1.82. The zero-order valence-electron chi connectivity index (χ0n) is 12.7. The van der Waals surface area contributed by atoms with Crippen LogP contribution in [0.4, 0.5) is 0 Å². The summed E-state index contributed by atoms with van der Waals surface area (Å²) in [6.07, 6.45) is 2.07. The molecule has 114 valence electrons. The second kappa shape index (κ2) is 6.32. The quantitative estimate of drug-likeness (QED) is 0.910. The van der Waals surface area contributed by atoms with Gasteiger partial charge in [0.1, 0.15) is 5.41 Å². The van der Waals surface area contributed by atoms with Crippen molar-refractivity contribution < 1.29 is 4.79 Å². The summed E-state index contributed by atoms with van der Waals surface area (Å²) < 4.78 is 0. The van der Waals surface area contributed by atoms with Crippen molar-refractivity contribution in [3.05, 3.63) is 71.8 Å². The zero-order chi connectivity index (χ0) is 15.4. The Balaban J connectivity index is 2.21. The van der Waals surface area contributed by atoms with Gasteiger partial charge in [-0.15, -0.1) is 0 Å². The molecule has 3 N–H and O–H groups in total. The standard InChI is InChI=1S/C19H22N2O/c20-18(22)19(15-8-3-1-4-9-15,16-10-5-2-6-11-16)17-12-7-13-21-14-17/h1-6,8-11,17,21H,7,12-14H2,(H2,20,22)/t17-/m0/s1. The second-order valence-electron chi connectivity index (χ2n) is 5.95. The van der Waals surface area contributed by atoms with Crippen LogP contribution in [0, 0.1) is 5.92 Å². The summed E-state index contributed by atoms with van der Waals surface area (Å²) in [6, 6.07) is 19.9. The molecule has 2 aromatic carbocycles. The Morgan fingerprint density at radius 3 is 1.95 bits per heavy atom. The topological polar surface area (TPSA) is 55.1 Å². The molecule has 0 aliphatic carbocycles. The van der Waals surface area contributed by atoms with E-state index in [4.69, 9.17) is 5.73 Å². The number of hydrogen-bond donors (Lipinski definition) is 2. The first-order valence-electron chi connectivity index (χ1n) is 7.88. The molecule has 1 fully saturated rings. The zero-order valence-corrected chi connectivity index (χ0v) is 12.7. The van der Waals surface area contributed by atoms with Crippen LogP contribution < -0.4 is 11.1 Å². The van der Waals surface area contributed by atoms with Gasteiger partial charge < -0.3 is 11.1 Å². The van der Waals surface area contributed by atoms with Gasteiger partial charge in [-0.2, -0.15) is 0 Å². The molecule has 0 spiro atoms. The van der Waals surface area contributed by atoms with Crippen molar-refractivity contribution in [2.75, 3.05) is 13.1 Å². The molecule has 0 aromatic heterocycles. The fourth-order valence-corrected chi connectivity index (χ4v) is 3.75. The average Bonchev–Trinajstić information content (AvgIpc) is 2.58. The summed E-state index contributed by atoms with van der Waals surface area (Å²) >= 11 is 0. The third-order valence-electron chi connectivity index (χ3n) is 4.76. The predicted octanol–water partition coefficient (Wildman–Crippen LogP) is 2.46. The first-order valence-corrected chi connectivity index (χ1v) is 7.88. The van der Waals surface area contributed by atoms with E-state index in [1.165, 1.54) is 0 Å². The van der Waals surface area contributed by atoms with Gasteiger partial charge in [0, 0.05) is 0 Å². The number of nitrogens with two attached hydrogens (primary N) is 1. The van der Waals surface area contributed by atoms with Crippen LogP contribution in [0.2, 0.25) is 0 Å². The SMILES string of the molecule is NC(=O)C(c1ccccc1)(c1ccccc1)[C@H]1CCCNC1. The van der Waals surface area contributed by atoms with Crippen LogP contribution in [0.1, 0.15) is 24.0 Å². The van der Waals surface area contributed by atoms with E-state index in [9.17, 15) is 4.79 Å². The van der Waals surface area contributed by atoms with Crippen molar-refractivity contribution in [2.45, 2.75) is 18.3 Å². The van der Waals surface area contributed by atoms with Gasteiger partial charge in [-0.05, 0) is 43.0 Å². The van der Waals surface area contributed by atoms with Gasteiger partial charge in [0.15, 0.2) is 0 Å². The summed E-state index contributed by atoms with van der Waals surface area (Å²) in [5.74, 6) is -0.0952. The number of piperidine rings is 1. The number of carbonyl (C=O) groups is 1. The first-order chi connectivity index (χ1) is 10.8. The molecule has 1 heterocycles. The largest absolute Gasteiger partial charge is 0.369 e. The van der Waals surface area contributed by atoms with Gasteiger partial charge in [-0.25, -0.2) is 0 Å². The predicted molar refractivity (Wildman–Crippen MR) is 88.5 cm³/mol. The number of amides is 1. The van der Waals surface area contributed by atoms with E-state index in [1.807, 2.05) is 60.7 Å². The highest BCUT2D eigenvalue weighted by Gasteiger charge is 2.47. The monoisotopic (exact) mass is 294 g/mol. The van der Waals surface area contributed by atoms with Gasteiger partial charge in [0.2, 0.25) is 5.91 Å². The molecule has 0 saturated carbocycles. The fourth-order valence-electron chi connectivity index (χ4n) is 3.75. The Kier molecular flexibility index (Phi) is 4.25. The maximum atomic E-state index is 12.7. The molecule has 0 bridgehead atoms. The first kappa shape index (κ1) is 14.8. The molecule has 3 rings (SSSR count). The van der Waals surface area contributed by atoms with Gasteiger partial charge in [0.05, 0.1) is 0 Å². The van der Waals surface area contributed by atoms with Crippen molar-refractivity contribution in [1.29, 1.82) is 0 Å². The van der Waals surface area contributed by atoms with E-state index in [2.05, 4.69) is 5.32 Å². The minimum Gasteiger partial charge on any atom is -0.369 e. The molecule has 2 aromatic rings. The molecule has 1 amide bonds. The van der Waals surface area contributed by atoms with Crippen molar-refractivity contribution in [1.82, 2.24) is 5.32 Å². The van der Waals surface area contributed by atoms with E-state index >= 15 is 0 Å². The molecule has 1 atom stereocenters. The number of rotatable bonds is 4. The molecule has 0 radical (unpaired) electrons. The maximum Gasteiger partial charge on any atom is 0.232 e. The molecule has 0 unspecified atom stereocenters. The summed E-state index contributed by atoms with van der Waals surface area (Å²) in [7, 11) is 0. The Hall–Kier alpha value is -2.13. The van der Waals surface area contributed by atoms with E-state index < -0.39 is 5.41 Å². The van der Waals surface area contributed by atoms with Crippen LogP contribution in [-0.4, -0.2) is 19.0 Å². The molecule has 1 saturated heterocycles. The summed E-state index contributed by atoms with van der Waals surface area (Å²) in [5, 5.41) is 3.43. The third kappa shape index (κ3) is 2.42. The van der Waals surface area contributed by atoms with E-state index in [0.29, 0.717) is 0 Å². The van der Waals surface area contributed by atoms with E-state index in [0.717, 1.165) is 37.1 Å². The minimum absolute atomic E-state index is 0.170. The number of hydrogen-bond acceptors (Lipinski definition) is 2. The van der Waals surface area contributed by atoms with Crippen LogP contribution in [0.3, 0.4) is 0 Å². The molecular formula is C19H22N2O. The lowest BCUT2D eigenvalue weighted by Gasteiger charge is -2.41. The Bertz CT molecular complexity index is 579. The van der Waals surface area contributed by atoms with Crippen molar-refractivity contribution >= 4 is 5.91 Å². The molecule has 3 nitrogen and oxygen atoms in total. The van der Waals surface area contributed by atoms with Crippen LogP contribution in [0.25, 0.3) is 0 Å². The van der Waals surface area contributed by atoms with Gasteiger partial charge in [0.25, 0.3) is 0 Å². The van der Waals surface area contributed by atoms with Gasteiger partial charge in [-0.1, -0.05) is 60.7 Å². The van der Waals surface area contributed by atoms with Gasteiger partial charge in [-0.3, -0.25) is 4.79 Å². The number of nitrogens with one attached hydrogen (secondary N) is 1. The third-order valence-corrected chi connectivity index (χ3v) is 4.76. The number of benzene rings is 2. The molecule has 1 aliphatic heterocycles. The van der Waals surface area contributed by atoms with Gasteiger partial charge >= 0.3 is 0 Å². The fraction of sp³-hybridized carbons (Fsp3) is 0.316. The molecular weight excluding hydrogens is 272 g/mol. The lowest BCUT2D eigenvalue weighted by atomic mass is 9.63. The number of primary amides is 1. The van der Waals surface area contributed by atoms with Crippen LogP contribution in [-0.2, 0) is 10.2 Å². The minimum atomic E-state index is -0.768. The second-order valence-corrected chi connectivity index (χ2v) is 5.95. The van der Waals surface area contributed by atoms with E-state index in [1.54, 1.807) is 0 Å². The van der Waals surface area contributed by atoms with Crippen LogP contribution >= 0.6 is 0 Å². The lowest BCUT2D eigenvalue weighted by Crippen LogP contribution is -2.52. The average molecular weight is 294 g/mol. The van der Waals surface area contributed by atoms with Crippen LogP contribution in [0.15, 0.2) is 60.7 Å². The van der Waals surface area contributed by atoms with Crippen molar-refractivity contribution in [2.24, 2.45) is 11.7 Å². The Labute approximate surface area is 131 Å². The van der Waals surface area contributed by atoms with Crippen LogP contribution in [0.5, 0.6) is 0 Å². The Morgan fingerprint density at radius 2 is 1.55 bits per heavy atom. The highest BCUT2D eigenvalue weighted by Crippen LogP contribution is 2.42. The normalized spacial score (nSPS) is 18.8. The summed E-state index contributed by atoms with van der Waals surface area (Å²) in [4.78, 5) is 12.7. The molecule has 3 heteroatoms. The maximum absolute atomic E-state index is 12.7. The highest BCUT2D eigenvalue weighted by molar-refractivity contribution is 5.91. The Morgan fingerprint density at radius 1 is 1.00 bits per heavy atom. The van der Waals surface area contributed by atoms with Crippen molar-refractivity contribution in [3.8, 4) is 0 Å². The number of carbonyl (C=O) groups excluding carboxylic acids is 1. The summed E-state index contributed by atoms with van der Waals surface area (Å²) in [5.41, 5.74) is 7.21. The smallest absolute Gasteiger partial charge is 0.232 e. The van der Waals surface area contributed by atoms with Crippen molar-refractivity contribution in [3.63, 3.8) is 0 Å². The van der Waals surface area contributed by atoms with E-state index in [-0.39, 0.29) is 11.8 Å². The lowest BCUT2D eigenvalue weighted by molar-refractivity contribution is -0.124. The highest BCUT2D eigenvalue weighted by atomic mass is 16.1. The molecule has 22 heavy (non-hydrogen) atoms.